The molecule has 24 heavy (non-hydrogen) atoms. The molecule has 0 N–H and O–H groups in total. The molecule has 1 aliphatic rings. The summed E-state index contributed by atoms with van der Waals surface area (Å²) < 4.78 is 6.94. The first-order chi connectivity index (χ1) is 11.7. The average Bonchev–Trinajstić information content (AvgIpc) is 3.13. The Morgan fingerprint density at radius 1 is 1.33 bits per heavy atom. The Hall–Kier alpha value is -2.14. The van der Waals surface area contributed by atoms with Crippen molar-refractivity contribution in [3.8, 4) is 0 Å². The lowest BCUT2D eigenvalue weighted by Crippen LogP contribution is -2.27. The van der Waals surface area contributed by atoms with E-state index in [1.165, 1.54) is 5.56 Å². The van der Waals surface area contributed by atoms with Gasteiger partial charge in [0.25, 0.3) is 5.56 Å². The molecule has 1 saturated heterocycles. The second-order valence-corrected chi connectivity index (χ2v) is 6.45. The number of aromatic nitrogens is 2. The van der Waals surface area contributed by atoms with Gasteiger partial charge in [-0.1, -0.05) is 30.3 Å². The van der Waals surface area contributed by atoms with Crippen molar-refractivity contribution in [3.05, 3.63) is 58.5 Å². The van der Waals surface area contributed by atoms with E-state index in [1.807, 2.05) is 25.2 Å². The van der Waals surface area contributed by atoms with Gasteiger partial charge >= 0.3 is 0 Å². The number of rotatable bonds is 7. The van der Waals surface area contributed by atoms with E-state index in [0.29, 0.717) is 12.5 Å². The van der Waals surface area contributed by atoms with Crippen LogP contribution in [0.5, 0.6) is 0 Å². The number of anilines is 1. The fraction of sp³-hybridized carbons (Fsp3) is 0.474. The second-order valence-electron chi connectivity index (χ2n) is 6.45. The minimum Gasteiger partial charge on any atom is -0.381 e. The van der Waals surface area contributed by atoms with E-state index in [2.05, 4.69) is 22.1 Å². The lowest BCUT2D eigenvalue weighted by atomic mass is 10.1. The Morgan fingerprint density at radius 3 is 2.88 bits per heavy atom. The number of nitrogens with zero attached hydrogens (tertiary/aromatic N) is 3. The van der Waals surface area contributed by atoms with Crippen molar-refractivity contribution in [1.82, 2.24) is 9.78 Å². The molecule has 1 atom stereocenters. The molecule has 0 bridgehead atoms. The third-order valence-electron chi connectivity index (χ3n) is 4.65. The average molecular weight is 327 g/mol. The third kappa shape index (κ3) is 4.45. The van der Waals surface area contributed by atoms with E-state index in [4.69, 9.17) is 4.74 Å². The molecule has 1 aromatic carbocycles. The van der Waals surface area contributed by atoms with Crippen LogP contribution in [0.3, 0.4) is 0 Å². The van der Waals surface area contributed by atoms with Crippen LogP contribution in [0.4, 0.5) is 5.69 Å². The summed E-state index contributed by atoms with van der Waals surface area (Å²) in [6.45, 7) is 3.18. The summed E-state index contributed by atoms with van der Waals surface area (Å²) in [7, 11) is 2.00. The zero-order valence-electron chi connectivity index (χ0n) is 14.2. The summed E-state index contributed by atoms with van der Waals surface area (Å²) >= 11 is 0. The molecule has 3 rings (SSSR count). The second kappa shape index (κ2) is 8.11. The van der Waals surface area contributed by atoms with Crippen molar-refractivity contribution >= 4 is 5.69 Å². The summed E-state index contributed by atoms with van der Waals surface area (Å²) in [5, 5.41) is 4.34. The highest BCUT2D eigenvalue weighted by Gasteiger charge is 2.15. The maximum Gasteiger partial charge on any atom is 0.268 e. The largest absolute Gasteiger partial charge is 0.381 e. The maximum atomic E-state index is 12.3. The minimum absolute atomic E-state index is 0.0297. The van der Waals surface area contributed by atoms with Gasteiger partial charge in [-0.25, -0.2) is 4.68 Å². The molecule has 1 aromatic heterocycles. The van der Waals surface area contributed by atoms with E-state index in [9.17, 15) is 4.79 Å². The van der Waals surface area contributed by atoms with Crippen LogP contribution in [-0.2, 0) is 17.7 Å². The standard InChI is InChI=1S/C19H25N3O2/c1-21(10-7-16-5-3-2-4-6-16)18-13-19(23)22(20-14-18)11-8-17-9-12-24-15-17/h2-6,13-14,17H,7-12,15H2,1H3. The topological polar surface area (TPSA) is 47.4 Å². The van der Waals surface area contributed by atoms with Gasteiger partial charge in [0.15, 0.2) is 0 Å². The molecule has 0 radical (unpaired) electrons. The fourth-order valence-corrected chi connectivity index (χ4v) is 2.99. The summed E-state index contributed by atoms with van der Waals surface area (Å²) in [6.07, 6.45) is 4.78. The first kappa shape index (κ1) is 16.7. The molecule has 1 unspecified atom stereocenters. The number of benzene rings is 1. The van der Waals surface area contributed by atoms with Crippen LogP contribution in [0, 0.1) is 5.92 Å². The van der Waals surface area contributed by atoms with Crippen LogP contribution in [-0.4, -0.2) is 36.6 Å². The van der Waals surface area contributed by atoms with Crippen LogP contribution >= 0.6 is 0 Å². The molecule has 2 heterocycles. The fourth-order valence-electron chi connectivity index (χ4n) is 2.99. The Morgan fingerprint density at radius 2 is 2.17 bits per heavy atom. The number of hydrogen-bond acceptors (Lipinski definition) is 4. The molecule has 5 heteroatoms. The molecule has 1 fully saturated rings. The predicted octanol–water partition coefficient (Wildman–Crippen LogP) is 2.35. The summed E-state index contributed by atoms with van der Waals surface area (Å²) in [5.41, 5.74) is 2.14. The van der Waals surface area contributed by atoms with Crippen LogP contribution in [0.2, 0.25) is 0 Å². The van der Waals surface area contributed by atoms with Crippen molar-refractivity contribution in [3.63, 3.8) is 0 Å². The molecule has 1 aliphatic heterocycles. The van der Waals surface area contributed by atoms with Crippen LogP contribution in [0.1, 0.15) is 18.4 Å². The van der Waals surface area contributed by atoms with Crippen LogP contribution in [0.15, 0.2) is 47.4 Å². The van der Waals surface area contributed by atoms with Gasteiger partial charge in [-0.05, 0) is 30.7 Å². The minimum atomic E-state index is -0.0297. The molecule has 2 aromatic rings. The lowest BCUT2D eigenvalue weighted by Gasteiger charge is -2.19. The Bertz CT molecular complexity index is 693. The normalized spacial score (nSPS) is 17.1. The highest BCUT2D eigenvalue weighted by molar-refractivity contribution is 5.42. The number of likely N-dealkylation sites (N-methyl/N-ethyl adjacent to an activating group) is 1. The Balaban J connectivity index is 1.55. The monoisotopic (exact) mass is 327 g/mol. The van der Waals surface area contributed by atoms with Crippen molar-refractivity contribution in [2.75, 3.05) is 31.7 Å². The van der Waals surface area contributed by atoms with E-state index < -0.39 is 0 Å². The quantitative estimate of drug-likeness (QED) is 0.783. The van der Waals surface area contributed by atoms with Gasteiger partial charge in [0.2, 0.25) is 0 Å². The van der Waals surface area contributed by atoms with Gasteiger partial charge in [0, 0.05) is 39.4 Å². The van der Waals surface area contributed by atoms with Crippen molar-refractivity contribution < 1.29 is 4.74 Å². The molecular weight excluding hydrogens is 302 g/mol. The van der Waals surface area contributed by atoms with Gasteiger partial charge in [-0.15, -0.1) is 0 Å². The number of hydrogen-bond donors (Lipinski definition) is 0. The first-order valence-electron chi connectivity index (χ1n) is 8.62. The smallest absolute Gasteiger partial charge is 0.268 e. The van der Waals surface area contributed by atoms with Gasteiger partial charge < -0.3 is 9.64 Å². The predicted molar refractivity (Wildman–Crippen MR) is 95.5 cm³/mol. The zero-order chi connectivity index (χ0) is 16.8. The Kier molecular flexibility index (Phi) is 5.64. The first-order valence-corrected chi connectivity index (χ1v) is 8.62. The molecule has 0 spiro atoms. The molecule has 5 nitrogen and oxygen atoms in total. The zero-order valence-corrected chi connectivity index (χ0v) is 14.2. The van der Waals surface area contributed by atoms with Crippen LogP contribution < -0.4 is 10.5 Å². The van der Waals surface area contributed by atoms with Gasteiger partial charge in [0.05, 0.1) is 11.9 Å². The highest BCUT2D eigenvalue weighted by atomic mass is 16.5. The highest BCUT2D eigenvalue weighted by Crippen LogP contribution is 2.16. The third-order valence-corrected chi connectivity index (χ3v) is 4.65. The molecule has 128 valence electrons. The van der Waals surface area contributed by atoms with Gasteiger partial charge in [-0.2, -0.15) is 5.10 Å². The number of aryl methyl sites for hydroxylation is 1. The maximum absolute atomic E-state index is 12.3. The van der Waals surface area contributed by atoms with Gasteiger partial charge in [0.1, 0.15) is 0 Å². The Labute approximate surface area is 142 Å². The summed E-state index contributed by atoms with van der Waals surface area (Å²) in [4.78, 5) is 14.3. The van der Waals surface area contributed by atoms with Crippen LogP contribution in [0.25, 0.3) is 0 Å². The van der Waals surface area contributed by atoms with Gasteiger partial charge in [-0.3, -0.25) is 4.79 Å². The van der Waals surface area contributed by atoms with Crippen molar-refractivity contribution in [2.24, 2.45) is 5.92 Å². The van der Waals surface area contributed by atoms with E-state index in [0.717, 1.165) is 44.7 Å². The number of ether oxygens (including phenoxy) is 1. The molecule has 0 aliphatic carbocycles. The van der Waals surface area contributed by atoms with Crippen molar-refractivity contribution in [2.45, 2.75) is 25.8 Å². The molecular formula is C19H25N3O2. The lowest BCUT2D eigenvalue weighted by molar-refractivity contribution is 0.183. The van der Waals surface area contributed by atoms with E-state index in [-0.39, 0.29) is 5.56 Å². The summed E-state index contributed by atoms with van der Waals surface area (Å²) in [6, 6.07) is 12.0. The summed E-state index contributed by atoms with van der Waals surface area (Å²) in [5.74, 6) is 0.562. The SMILES string of the molecule is CN(CCc1ccccc1)c1cnn(CCC2CCOC2)c(=O)c1. The van der Waals surface area contributed by atoms with Crippen molar-refractivity contribution in [1.29, 1.82) is 0 Å². The van der Waals surface area contributed by atoms with E-state index in [1.54, 1.807) is 16.9 Å². The molecule has 0 saturated carbocycles. The van der Waals surface area contributed by atoms with E-state index >= 15 is 0 Å². The molecule has 0 amide bonds.